The molecule has 0 N–H and O–H groups in total. The van der Waals surface area contributed by atoms with Crippen LogP contribution in [0.5, 0.6) is 11.5 Å². The van der Waals surface area contributed by atoms with Crippen LogP contribution in [-0.4, -0.2) is 11.9 Å². The van der Waals surface area contributed by atoms with Gasteiger partial charge in [-0.1, -0.05) is 32.0 Å². The Morgan fingerprint density at radius 1 is 0.909 bits per heavy atom. The lowest BCUT2D eigenvalue weighted by atomic mass is 10.1. The fourth-order valence-corrected chi connectivity index (χ4v) is 1.85. The van der Waals surface area contributed by atoms with E-state index in [0.717, 1.165) is 12.0 Å². The van der Waals surface area contributed by atoms with Gasteiger partial charge < -0.3 is 9.47 Å². The van der Waals surface area contributed by atoms with Crippen LogP contribution in [0.3, 0.4) is 0 Å². The van der Waals surface area contributed by atoms with Crippen LogP contribution >= 0.6 is 0 Å². The summed E-state index contributed by atoms with van der Waals surface area (Å²) < 4.78 is 10.4. The van der Waals surface area contributed by atoms with Gasteiger partial charge in [-0.3, -0.25) is 4.79 Å². The Morgan fingerprint density at radius 2 is 1.55 bits per heavy atom. The first-order valence-corrected chi connectivity index (χ1v) is 7.24. The molecule has 0 spiro atoms. The third kappa shape index (κ3) is 4.19. The quantitative estimate of drug-likeness (QED) is 0.622. The van der Waals surface area contributed by atoms with Crippen molar-refractivity contribution in [1.29, 1.82) is 0 Å². The Labute approximate surface area is 129 Å². The minimum Gasteiger partial charge on any atom is -0.426 e. The van der Waals surface area contributed by atoms with E-state index >= 15 is 0 Å². The predicted octanol–water partition coefficient (Wildman–Crippen LogP) is 3.78. The van der Waals surface area contributed by atoms with Crippen LogP contribution in [-0.2, 0) is 11.2 Å². The lowest BCUT2D eigenvalue weighted by Gasteiger charge is -2.07. The monoisotopic (exact) mass is 298 g/mol. The fraction of sp³-hybridized carbons (Fsp3) is 0.222. The average Bonchev–Trinajstić information content (AvgIpc) is 2.55. The first-order valence-electron chi connectivity index (χ1n) is 7.24. The maximum atomic E-state index is 12.1. The Morgan fingerprint density at radius 3 is 2.14 bits per heavy atom. The highest BCUT2D eigenvalue weighted by molar-refractivity contribution is 5.91. The van der Waals surface area contributed by atoms with Gasteiger partial charge in [0.2, 0.25) is 0 Å². The summed E-state index contributed by atoms with van der Waals surface area (Å²) in [5, 5.41) is 0. The van der Waals surface area contributed by atoms with E-state index in [1.807, 2.05) is 12.1 Å². The summed E-state index contributed by atoms with van der Waals surface area (Å²) in [6, 6.07) is 13.7. The van der Waals surface area contributed by atoms with E-state index < -0.39 is 5.97 Å². The third-order valence-electron chi connectivity index (χ3n) is 3.13. The van der Waals surface area contributed by atoms with Crippen LogP contribution in [0.1, 0.15) is 36.2 Å². The van der Waals surface area contributed by atoms with Gasteiger partial charge in [0, 0.05) is 12.5 Å². The van der Waals surface area contributed by atoms with Gasteiger partial charge in [0.25, 0.3) is 0 Å². The van der Waals surface area contributed by atoms with Crippen molar-refractivity contribution in [2.24, 2.45) is 0 Å². The van der Waals surface area contributed by atoms with Gasteiger partial charge in [0.05, 0.1) is 5.56 Å². The van der Waals surface area contributed by atoms with Gasteiger partial charge in [-0.25, -0.2) is 4.79 Å². The van der Waals surface area contributed by atoms with Crippen molar-refractivity contribution in [3.63, 3.8) is 0 Å². The summed E-state index contributed by atoms with van der Waals surface area (Å²) in [7, 11) is 0. The number of carbonyl (C=O) groups excluding carboxylic acids is 2. The van der Waals surface area contributed by atoms with Crippen LogP contribution in [0.2, 0.25) is 0 Å². The second-order valence-corrected chi connectivity index (χ2v) is 4.74. The van der Waals surface area contributed by atoms with Crippen LogP contribution in [0, 0.1) is 0 Å². The maximum Gasteiger partial charge on any atom is 0.343 e. The molecule has 4 nitrogen and oxygen atoms in total. The van der Waals surface area contributed by atoms with E-state index in [-0.39, 0.29) is 12.4 Å². The Balaban J connectivity index is 2.07. The molecule has 2 aromatic rings. The molecule has 0 saturated heterocycles. The van der Waals surface area contributed by atoms with E-state index in [9.17, 15) is 9.59 Å². The van der Waals surface area contributed by atoms with E-state index in [2.05, 4.69) is 6.92 Å². The van der Waals surface area contributed by atoms with Gasteiger partial charge in [0.1, 0.15) is 11.5 Å². The zero-order valence-corrected chi connectivity index (χ0v) is 12.7. The highest BCUT2D eigenvalue weighted by atomic mass is 16.5. The lowest BCUT2D eigenvalue weighted by Crippen LogP contribution is -2.09. The topological polar surface area (TPSA) is 52.6 Å². The van der Waals surface area contributed by atoms with Crippen LogP contribution < -0.4 is 9.47 Å². The summed E-state index contributed by atoms with van der Waals surface area (Å²) >= 11 is 0. The van der Waals surface area contributed by atoms with E-state index in [0.29, 0.717) is 17.1 Å². The molecule has 0 heterocycles. The zero-order valence-electron chi connectivity index (χ0n) is 12.7. The van der Waals surface area contributed by atoms with Crippen molar-refractivity contribution in [1.82, 2.24) is 0 Å². The standard InChI is InChI=1S/C18H18O4/c1-3-13-8-10-14(11-9-13)18(20)22-16-7-5-6-15(12-16)21-17(19)4-2/h5-12H,3-4H2,1-2H3. The molecule has 0 unspecified atom stereocenters. The lowest BCUT2D eigenvalue weighted by molar-refractivity contribution is -0.134. The molecule has 0 atom stereocenters. The Hall–Kier alpha value is -2.62. The number of ether oxygens (including phenoxy) is 2. The average molecular weight is 298 g/mol. The zero-order chi connectivity index (χ0) is 15.9. The highest BCUT2D eigenvalue weighted by Crippen LogP contribution is 2.21. The number of hydrogen-bond acceptors (Lipinski definition) is 4. The smallest absolute Gasteiger partial charge is 0.343 e. The minimum absolute atomic E-state index is 0.286. The molecule has 0 aliphatic rings. The van der Waals surface area contributed by atoms with E-state index in [1.165, 1.54) is 6.07 Å². The summed E-state index contributed by atoms with van der Waals surface area (Å²) in [6.45, 7) is 3.77. The van der Waals surface area contributed by atoms with Crippen molar-refractivity contribution in [2.45, 2.75) is 26.7 Å². The molecular weight excluding hydrogens is 280 g/mol. The summed E-state index contributed by atoms with van der Waals surface area (Å²) in [6.07, 6.45) is 1.20. The van der Waals surface area contributed by atoms with E-state index in [4.69, 9.17) is 9.47 Å². The van der Waals surface area contributed by atoms with Crippen LogP contribution in [0.4, 0.5) is 0 Å². The van der Waals surface area contributed by atoms with Crippen molar-refractivity contribution in [3.05, 3.63) is 59.7 Å². The van der Waals surface area contributed by atoms with Crippen molar-refractivity contribution >= 4 is 11.9 Å². The molecule has 4 heteroatoms. The van der Waals surface area contributed by atoms with Gasteiger partial charge in [0.15, 0.2) is 0 Å². The molecule has 0 bridgehead atoms. The maximum absolute atomic E-state index is 12.1. The van der Waals surface area contributed by atoms with Crippen molar-refractivity contribution in [2.75, 3.05) is 0 Å². The molecular formula is C18H18O4. The molecule has 2 rings (SSSR count). The minimum atomic E-state index is -0.443. The highest BCUT2D eigenvalue weighted by Gasteiger charge is 2.10. The van der Waals surface area contributed by atoms with Crippen LogP contribution in [0.15, 0.2) is 48.5 Å². The molecule has 0 saturated carbocycles. The molecule has 114 valence electrons. The van der Waals surface area contributed by atoms with Gasteiger partial charge in [-0.15, -0.1) is 0 Å². The fourth-order valence-electron chi connectivity index (χ4n) is 1.85. The van der Waals surface area contributed by atoms with Gasteiger partial charge in [-0.05, 0) is 36.2 Å². The molecule has 0 radical (unpaired) electrons. The predicted molar refractivity (Wildman–Crippen MR) is 83.1 cm³/mol. The third-order valence-corrected chi connectivity index (χ3v) is 3.13. The Kier molecular flexibility index (Phi) is 5.31. The first kappa shape index (κ1) is 15.8. The first-order chi connectivity index (χ1) is 10.6. The molecule has 22 heavy (non-hydrogen) atoms. The van der Waals surface area contributed by atoms with Gasteiger partial charge in [-0.2, -0.15) is 0 Å². The molecule has 0 aliphatic carbocycles. The number of esters is 2. The van der Waals surface area contributed by atoms with Crippen molar-refractivity contribution < 1.29 is 19.1 Å². The molecule has 0 fully saturated rings. The normalized spacial score (nSPS) is 10.1. The number of aryl methyl sites for hydroxylation is 1. The summed E-state index contributed by atoms with van der Waals surface area (Å²) in [5.41, 5.74) is 1.64. The number of benzene rings is 2. The molecule has 2 aromatic carbocycles. The van der Waals surface area contributed by atoms with Crippen LogP contribution in [0.25, 0.3) is 0 Å². The molecule has 0 aromatic heterocycles. The van der Waals surface area contributed by atoms with Gasteiger partial charge >= 0.3 is 11.9 Å². The Bertz CT molecular complexity index is 659. The number of hydrogen-bond donors (Lipinski definition) is 0. The van der Waals surface area contributed by atoms with Crippen molar-refractivity contribution in [3.8, 4) is 11.5 Å². The SMILES string of the molecule is CCC(=O)Oc1cccc(OC(=O)c2ccc(CC)cc2)c1. The summed E-state index contributed by atoms with van der Waals surface area (Å²) in [4.78, 5) is 23.3. The summed E-state index contributed by atoms with van der Waals surface area (Å²) in [5.74, 6) is -0.0790. The number of carbonyl (C=O) groups is 2. The molecule has 0 aliphatic heterocycles. The number of rotatable bonds is 5. The molecule has 0 amide bonds. The second-order valence-electron chi connectivity index (χ2n) is 4.74. The van der Waals surface area contributed by atoms with E-state index in [1.54, 1.807) is 37.3 Å². The largest absolute Gasteiger partial charge is 0.426 e. The second kappa shape index (κ2) is 7.41.